The van der Waals surface area contributed by atoms with Crippen molar-refractivity contribution in [1.29, 1.82) is 0 Å². The van der Waals surface area contributed by atoms with Crippen molar-refractivity contribution in [2.75, 3.05) is 19.6 Å². The molecule has 28 heteroatoms. The van der Waals surface area contributed by atoms with E-state index in [1.807, 2.05) is 42.5 Å². The molecule has 0 aliphatic heterocycles. The molecule has 28 nitrogen and oxygen atoms in total. The third-order valence-corrected chi connectivity index (χ3v) is 13.1. The largest absolute Gasteiger partial charge is 0.480 e. The molecule has 8 atom stereocenters. The predicted molar refractivity (Wildman–Crippen MR) is 308 cm³/mol. The minimum atomic E-state index is -1.42. The molecule has 0 saturated heterocycles. The Bertz CT molecular complexity index is 2880. The van der Waals surface area contributed by atoms with Gasteiger partial charge in [0, 0.05) is 66.7 Å². The van der Waals surface area contributed by atoms with E-state index in [0.29, 0.717) is 5.56 Å². The van der Waals surface area contributed by atoms with Crippen molar-refractivity contribution in [3.63, 3.8) is 0 Å². The number of carbonyl (C=O) groups is 8. The van der Waals surface area contributed by atoms with E-state index in [1.54, 1.807) is 46.2 Å². The number of para-hydroxylation sites is 2. The number of carbonyl (C=O) groups excluding carboxylic acids is 7. The average molecular weight is 1130 g/mol. The Labute approximate surface area is 469 Å². The van der Waals surface area contributed by atoms with Crippen LogP contribution in [-0.2, 0) is 51.2 Å². The second kappa shape index (κ2) is 31.6. The second-order valence-corrected chi connectivity index (χ2v) is 20.4. The zero-order chi connectivity index (χ0) is 59.9. The van der Waals surface area contributed by atoms with Crippen molar-refractivity contribution in [2.24, 2.45) is 66.9 Å². The van der Waals surface area contributed by atoms with Crippen LogP contribution in [0.5, 0.6) is 0 Å². The molecule has 2 aromatic carbocycles. The van der Waals surface area contributed by atoms with Gasteiger partial charge in [-0.15, -0.1) is 0 Å². The number of benzene rings is 2. The summed E-state index contributed by atoms with van der Waals surface area (Å²) >= 11 is 0. The van der Waals surface area contributed by atoms with Crippen molar-refractivity contribution in [3.05, 3.63) is 72.1 Å². The molecule has 2 heterocycles. The molecule has 0 fully saturated rings. The molecule has 4 aromatic rings. The van der Waals surface area contributed by atoms with Crippen LogP contribution in [0.25, 0.3) is 21.8 Å². The van der Waals surface area contributed by atoms with Gasteiger partial charge >= 0.3 is 5.97 Å². The van der Waals surface area contributed by atoms with Crippen molar-refractivity contribution in [2.45, 2.75) is 134 Å². The maximum absolute atomic E-state index is 14.8. The third kappa shape index (κ3) is 20.7. The highest BCUT2D eigenvalue weighted by molar-refractivity contribution is 5.98. The number of rotatable bonds is 33. The second-order valence-electron chi connectivity index (χ2n) is 20.4. The molecule has 7 amide bonds. The Hall–Kier alpha value is -8.95. The number of nitrogens with one attached hydrogen (secondary N) is 9. The fourth-order valence-electron chi connectivity index (χ4n) is 8.71. The topological polar surface area (TPSA) is 492 Å². The number of fused-ring (bicyclic) bond motifs is 2. The van der Waals surface area contributed by atoms with Gasteiger partial charge in [0.05, 0.1) is 6.04 Å². The van der Waals surface area contributed by atoms with E-state index >= 15 is 0 Å². The SMILES string of the molecule is CC(C)[C@H](NC(=O)[C@H](Cc1c[nH]c2ccccc12)NC(=O)[C@H](C)N)C(=O)N[C@H](C(=O)N[C@@H](Cc1c[nH]c2ccccc12)C(=O)N[C@@H](CCCN=C(N)N)C(=O)N[C@@H](CCCN=C(N)N)C(=O)N[C@@H](CCCN=C(N)N)C(=O)O)C(C)C. The van der Waals surface area contributed by atoms with Gasteiger partial charge in [0.25, 0.3) is 0 Å². The minimum Gasteiger partial charge on any atom is -0.480 e. The lowest BCUT2D eigenvalue weighted by Gasteiger charge is -2.30. The number of aliphatic carboxylic acids is 1. The van der Waals surface area contributed by atoms with E-state index in [1.165, 1.54) is 6.92 Å². The Morgan fingerprint density at radius 2 is 0.778 bits per heavy atom. The number of nitrogens with zero attached hydrogens (tertiary/aromatic N) is 3. The number of amides is 7. The zero-order valence-electron chi connectivity index (χ0n) is 46.4. The summed E-state index contributed by atoms with van der Waals surface area (Å²) < 4.78 is 0. The lowest BCUT2D eigenvalue weighted by Crippen LogP contribution is -2.62. The van der Waals surface area contributed by atoms with Gasteiger partial charge in [-0.3, -0.25) is 48.5 Å². The van der Waals surface area contributed by atoms with Crippen LogP contribution in [0.15, 0.2) is 75.9 Å². The van der Waals surface area contributed by atoms with Crippen molar-refractivity contribution in [3.8, 4) is 0 Å². The number of aromatic amines is 2. The molecule has 0 unspecified atom stereocenters. The number of H-pyrrole nitrogens is 2. The fraction of sp³-hybridized carbons (Fsp3) is 0.491. The van der Waals surface area contributed by atoms with Crippen LogP contribution in [-0.4, -0.2) is 148 Å². The van der Waals surface area contributed by atoms with Gasteiger partial charge in [-0.25, -0.2) is 4.79 Å². The number of carboxylic acids is 1. The summed E-state index contributed by atoms with van der Waals surface area (Å²) in [5.41, 5.74) is 41.7. The summed E-state index contributed by atoms with van der Waals surface area (Å²) in [6.45, 7) is 8.38. The van der Waals surface area contributed by atoms with E-state index in [2.05, 4.69) is 62.2 Å². The lowest BCUT2D eigenvalue weighted by molar-refractivity contribution is -0.142. The molecular formula is C53H81N19O9. The number of guanidine groups is 3. The standard InChI is InChI=1S/C53H81N19O9/c1-27(2)41(72-49(79)42(28(3)4)71-47(77)40(69-43(73)29(5)54)24-31-26-65-35-16-9-7-14-33(31)35)48(78)70-39(23-30-25-64-34-15-8-6-13-32(30)34)46(76)67-36(17-10-20-61-51(55)56)44(74)66-37(18-11-21-62-52(57)58)45(75)68-38(50(80)81)19-12-22-63-53(59)60/h6-9,13-16,25-29,36-42,64-65H,10-12,17-24,54H2,1-5H3,(H,66,74)(H,67,76)(H,68,75)(H,69,73)(H,70,78)(H,71,77)(H,72,79)(H,80,81)(H4,55,56,61)(H4,57,58,62)(H4,59,60,63)/t29-,36-,37-,38-,39-,40-,41-,42-/m0/s1. The summed E-state index contributed by atoms with van der Waals surface area (Å²) in [6.07, 6.45) is 3.53. The molecule has 24 N–H and O–H groups in total. The monoisotopic (exact) mass is 1130 g/mol. The summed E-state index contributed by atoms with van der Waals surface area (Å²) in [7, 11) is 0. The van der Waals surface area contributed by atoms with Gasteiger partial charge in [-0.05, 0) is 80.5 Å². The molecule has 0 aliphatic carbocycles. The first-order valence-electron chi connectivity index (χ1n) is 26.7. The number of hydrogen-bond acceptors (Lipinski definition) is 12. The molecule has 0 bridgehead atoms. The van der Waals surface area contributed by atoms with Crippen molar-refractivity contribution < 1.29 is 43.5 Å². The normalized spacial score (nSPS) is 14.2. The summed E-state index contributed by atoms with van der Waals surface area (Å²) in [5, 5.41) is 30.5. The van der Waals surface area contributed by atoms with Crippen LogP contribution >= 0.6 is 0 Å². The maximum Gasteiger partial charge on any atom is 0.326 e. The maximum atomic E-state index is 14.8. The number of aliphatic imine (C=N–C) groups is 3. The van der Waals surface area contributed by atoms with Crippen LogP contribution in [0.2, 0.25) is 0 Å². The Kier molecular flexibility index (Phi) is 25.2. The van der Waals surface area contributed by atoms with Crippen LogP contribution in [0, 0.1) is 11.8 Å². The number of aromatic nitrogens is 2. The highest BCUT2D eigenvalue weighted by Gasteiger charge is 2.36. The quantitative estimate of drug-likeness (QED) is 0.0136. The van der Waals surface area contributed by atoms with E-state index in [4.69, 9.17) is 40.1 Å². The lowest BCUT2D eigenvalue weighted by atomic mass is 9.97. The fourth-order valence-corrected chi connectivity index (χ4v) is 8.71. The highest BCUT2D eigenvalue weighted by atomic mass is 16.4. The molecule has 0 spiro atoms. The molecule has 2 aromatic heterocycles. The van der Waals surface area contributed by atoms with Gasteiger partial charge in [-0.1, -0.05) is 64.1 Å². The van der Waals surface area contributed by atoms with Gasteiger partial charge in [-0.2, -0.15) is 0 Å². The number of nitrogens with two attached hydrogens (primary N) is 7. The molecule has 442 valence electrons. The van der Waals surface area contributed by atoms with Crippen LogP contribution < -0.4 is 77.4 Å². The molecule has 0 saturated carbocycles. The molecule has 81 heavy (non-hydrogen) atoms. The van der Waals surface area contributed by atoms with Gasteiger partial charge in [0.2, 0.25) is 41.4 Å². The Balaban J connectivity index is 1.65. The van der Waals surface area contributed by atoms with Crippen LogP contribution in [0.4, 0.5) is 0 Å². The van der Waals surface area contributed by atoms with E-state index in [0.717, 1.165) is 27.4 Å². The Morgan fingerprint density at radius 1 is 0.457 bits per heavy atom. The first kappa shape index (κ1) is 64.6. The highest BCUT2D eigenvalue weighted by Crippen LogP contribution is 2.22. The number of hydrogen-bond donors (Lipinski definition) is 17. The van der Waals surface area contributed by atoms with Crippen LogP contribution in [0.1, 0.15) is 84.3 Å². The predicted octanol–water partition coefficient (Wildman–Crippen LogP) is -2.27. The van der Waals surface area contributed by atoms with Crippen molar-refractivity contribution in [1.82, 2.24) is 47.2 Å². The molecule has 4 rings (SSSR count). The summed E-state index contributed by atoms with van der Waals surface area (Å²) in [4.78, 5) is 130. The minimum absolute atomic E-state index is 0.0277. The summed E-state index contributed by atoms with van der Waals surface area (Å²) in [6, 6.07) is 4.43. The van der Waals surface area contributed by atoms with Gasteiger partial charge < -0.3 is 92.4 Å². The first-order chi connectivity index (χ1) is 38.4. The molecular weight excluding hydrogens is 1050 g/mol. The third-order valence-electron chi connectivity index (χ3n) is 13.1. The van der Waals surface area contributed by atoms with E-state index < -0.39 is 107 Å². The van der Waals surface area contributed by atoms with E-state index in [-0.39, 0.29) is 88.9 Å². The smallest absolute Gasteiger partial charge is 0.326 e. The zero-order valence-corrected chi connectivity index (χ0v) is 46.4. The average Bonchev–Trinajstić information content (AvgIpc) is 4.02. The Morgan fingerprint density at radius 3 is 1.16 bits per heavy atom. The number of carboxylic acid groups (broad SMARTS) is 1. The molecule has 0 aliphatic rings. The van der Waals surface area contributed by atoms with Crippen LogP contribution in [0.3, 0.4) is 0 Å². The molecule has 0 radical (unpaired) electrons. The van der Waals surface area contributed by atoms with E-state index in [9.17, 15) is 43.5 Å². The first-order valence-corrected chi connectivity index (χ1v) is 26.7. The summed E-state index contributed by atoms with van der Waals surface area (Å²) in [5.74, 6) is -8.49. The van der Waals surface area contributed by atoms with Crippen molar-refractivity contribution >= 4 is 87.0 Å². The van der Waals surface area contributed by atoms with Gasteiger partial charge in [0.1, 0.15) is 42.3 Å². The van der Waals surface area contributed by atoms with Gasteiger partial charge in [0.15, 0.2) is 17.9 Å².